The molecule has 0 bridgehead atoms. The van der Waals surface area contributed by atoms with Gasteiger partial charge in [-0.15, -0.1) is 0 Å². The minimum absolute atomic E-state index is 0.184. The highest BCUT2D eigenvalue weighted by Gasteiger charge is 2.09. The minimum atomic E-state index is -0.667. The van der Waals surface area contributed by atoms with Crippen molar-refractivity contribution < 1.29 is 10.2 Å². The van der Waals surface area contributed by atoms with Gasteiger partial charge in [-0.1, -0.05) is 6.92 Å². The van der Waals surface area contributed by atoms with Crippen LogP contribution in [0.4, 0.5) is 0 Å². The maximum absolute atomic E-state index is 8.78. The molecule has 0 aromatic carbocycles. The van der Waals surface area contributed by atoms with Crippen LogP contribution < -0.4 is 5.73 Å². The van der Waals surface area contributed by atoms with Crippen molar-refractivity contribution in [1.29, 1.82) is 0 Å². The summed E-state index contributed by atoms with van der Waals surface area (Å²) in [5, 5.41) is 17.1. The maximum Gasteiger partial charge on any atom is 0.0713 e. The van der Waals surface area contributed by atoms with Crippen molar-refractivity contribution in [3.63, 3.8) is 0 Å². The predicted octanol–water partition coefficient (Wildman–Crippen LogP) is -1.11. The van der Waals surface area contributed by atoms with Gasteiger partial charge in [-0.25, -0.2) is 0 Å². The van der Waals surface area contributed by atoms with Gasteiger partial charge in [0.2, 0.25) is 0 Å². The third-order valence-corrected chi connectivity index (χ3v) is 1.00. The van der Waals surface area contributed by atoms with E-state index in [2.05, 4.69) is 6.92 Å². The van der Waals surface area contributed by atoms with Crippen molar-refractivity contribution in [2.75, 3.05) is 6.61 Å². The number of aliphatic hydroxyl groups excluding tert-OH is 2. The normalized spacial score (nSPS) is 18.0. The molecule has 0 spiro atoms. The van der Waals surface area contributed by atoms with E-state index in [0.29, 0.717) is 6.42 Å². The van der Waals surface area contributed by atoms with Crippen LogP contribution in [0.2, 0.25) is 0 Å². The quantitative estimate of drug-likeness (QED) is 0.440. The lowest BCUT2D eigenvalue weighted by Gasteiger charge is -2.12. The molecule has 0 heterocycles. The van der Waals surface area contributed by atoms with Gasteiger partial charge in [-0.05, 0) is 6.42 Å². The number of nitrogens with two attached hydrogens (primary N) is 1. The zero-order valence-electron chi connectivity index (χ0n) is 4.75. The molecule has 3 heteroatoms. The van der Waals surface area contributed by atoms with E-state index in [4.69, 9.17) is 15.9 Å². The number of hydrogen-bond acceptors (Lipinski definition) is 3. The minimum Gasteiger partial charge on any atom is -0.395 e. The first-order valence-electron chi connectivity index (χ1n) is 2.56. The molecule has 0 rings (SSSR count). The van der Waals surface area contributed by atoms with E-state index in [0.717, 1.165) is 0 Å². The second-order valence-corrected chi connectivity index (χ2v) is 1.70. The van der Waals surface area contributed by atoms with Crippen LogP contribution in [0.1, 0.15) is 6.42 Å². The van der Waals surface area contributed by atoms with E-state index >= 15 is 0 Å². The molecule has 0 aromatic heterocycles. The zero-order valence-corrected chi connectivity index (χ0v) is 4.75. The highest BCUT2D eigenvalue weighted by molar-refractivity contribution is 4.70. The van der Waals surface area contributed by atoms with Crippen LogP contribution in [-0.4, -0.2) is 29.0 Å². The molecule has 2 unspecified atom stereocenters. The number of rotatable bonds is 3. The molecule has 3 nitrogen and oxygen atoms in total. The Morgan fingerprint density at radius 2 is 2.12 bits per heavy atom. The summed E-state index contributed by atoms with van der Waals surface area (Å²) < 4.78 is 0. The summed E-state index contributed by atoms with van der Waals surface area (Å²) in [5.41, 5.74) is 5.19. The molecule has 1 radical (unpaired) electrons. The standard InChI is InChI=1S/C5H12NO2/c1-2-5(8)4(6)3-7/h4-5,7-8H,1-3,6H2. The van der Waals surface area contributed by atoms with Crippen LogP contribution in [0.25, 0.3) is 0 Å². The number of aliphatic hydroxyl groups is 2. The first-order valence-corrected chi connectivity index (χ1v) is 2.56. The fourth-order valence-corrected chi connectivity index (χ4v) is 0.336. The van der Waals surface area contributed by atoms with Crippen molar-refractivity contribution in [2.45, 2.75) is 18.6 Å². The molecule has 0 saturated heterocycles. The van der Waals surface area contributed by atoms with Crippen molar-refractivity contribution in [1.82, 2.24) is 0 Å². The largest absolute Gasteiger partial charge is 0.395 e. The van der Waals surface area contributed by atoms with Gasteiger partial charge in [0.15, 0.2) is 0 Å². The topological polar surface area (TPSA) is 66.5 Å². The second kappa shape index (κ2) is 3.83. The van der Waals surface area contributed by atoms with E-state index in [1.807, 2.05) is 0 Å². The van der Waals surface area contributed by atoms with Crippen LogP contribution in [-0.2, 0) is 0 Å². The molecule has 0 saturated carbocycles. The van der Waals surface area contributed by atoms with E-state index < -0.39 is 12.1 Å². The molecule has 4 N–H and O–H groups in total. The summed E-state index contributed by atoms with van der Waals surface area (Å²) in [5.74, 6) is 0. The molecular weight excluding hydrogens is 106 g/mol. The molecule has 49 valence electrons. The molecule has 0 aliphatic carbocycles. The van der Waals surface area contributed by atoms with Gasteiger partial charge in [-0.3, -0.25) is 0 Å². The first kappa shape index (κ1) is 7.88. The fourth-order valence-electron chi connectivity index (χ4n) is 0.336. The van der Waals surface area contributed by atoms with E-state index in [1.165, 1.54) is 0 Å². The van der Waals surface area contributed by atoms with Crippen molar-refractivity contribution in [3.8, 4) is 0 Å². The lowest BCUT2D eigenvalue weighted by atomic mass is 10.1. The Hall–Kier alpha value is -0.120. The average Bonchev–Trinajstić information content (AvgIpc) is 1.84. The lowest BCUT2D eigenvalue weighted by Crippen LogP contribution is -2.37. The smallest absolute Gasteiger partial charge is 0.0713 e. The Bertz CT molecular complexity index is 50.4. The van der Waals surface area contributed by atoms with Gasteiger partial charge in [0.25, 0.3) is 0 Å². The molecular formula is C5H12NO2. The molecule has 0 aliphatic heterocycles. The Morgan fingerprint density at radius 1 is 1.62 bits per heavy atom. The van der Waals surface area contributed by atoms with Gasteiger partial charge >= 0.3 is 0 Å². The molecule has 0 aromatic rings. The van der Waals surface area contributed by atoms with Crippen molar-refractivity contribution in [3.05, 3.63) is 6.92 Å². The Morgan fingerprint density at radius 3 is 2.25 bits per heavy atom. The molecule has 2 atom stereocenters. The van der Waals surface area contributed by atoms with Gasteiger partial charge in [0.05, 0.1) is 18.8 Å². The molecule has 0 amide bonds. The van der Waals surface area contributed by atoms with Crippen molar-refractivity contribution >= 4 is 0 Å². The van der Waals surface area contributed by atoms with Crippen LogP contribution in [0.5, 0.6) is 0 Å². The Balaban J connectivity index is 3.29. The monoisotopic (exact) mass is 118 g/mol. The summed E-state index contributed by atoms with van der Waals surface area (Å²) >= 11 is 0. The Labute approximate surface area is 49.1 Å². The summed E-state index contributed by atoms with van der Waals surface area (Å²) in [7, 11) is 0. The summed E-state index contributed by atoms with van der Waals surface area (Å²) in [4.78, 5) is 0. The second-order valence-electron chi connectivity index (χ2n) is 1.70. The summed E-state index contributed by atoms with van der Waals surface area (Å²) in [6.45, 7) is 3.23. The Kier molecular flexibility index (Phi) is 3.77. The summed E-state index contributed by atoms with van der Waals surface area (Å²) in [6, 6.07) is -0.535. The van der Waals surface area contributed by atoms with Crippen LogP contribution in [0, 0.1) is 6.92 Å². The third-order valence-electron chi connectivity index (χ3n) is 1.00. The molecule has 0 fully saturated rings. The summed E-state index contributed by atoms with van der Waals surface area (Å²) in [6.07, 6.45) is -0.318. The number of hydrogen-bond donors (Lipinski definition) is 3. The van der Waals surface area contributed by atoms with E-state index in [1.54, 1.807) is 0 Å². The van der Waals surface area contributed by atoms with Gasteiger partial charge in [0.1, 0.15) is 0 Å². The van der Waals surface area contributed by atoms with Gasteiger partial charge in [-0.2, -0.15) is 0 Å². The maximum atomic E-state index is 8.78. The predicted molar refractivity (Wildman–Crippen MR) is 31.0 cm³/mol. The SMILES string of the molecule is [CH2]CC(O)C(N)CO. The van der Waals surface area contributed by atoms with Crippen LogP contribution in [0.15, 0.2) is 0 Å². The lowest BCUT2D eigenvalue weighted by molar-refractivity contribution is 0.110. The van der Waals surface area contributed by atoms with Gasteiger partial charge in [0, 0.05) is 0 Å². The van der Waals surface area contributed by atoms with E-state index in [9.17, 15) is 0 Å². The van der Waals surface area contributed by atoms with Crippen LogP contribution in [0.3, 0.4) is 0 Å². The third kappa shape index (κ3) is 2.26. The van der Waals surface area contributed by atoms with Crippen molar-refractivity contribution in [2.24, 2.45) is 5.73 Å². The molecule has 8 heavy (non-hydrogen) atoms. The van der Waals surface area contributed by atoms with E-state index in [-0.39, 0.29) is 6.61 Å². The highest BCUT2D eigenvalue weighted by Crippen LogP contribution is 1.92. The van der Waals surface area contributed by atoms with Gasteiger partial charge < -0.3 is 15.9 Å². The average molecular weight is 118 g/mol. The first-order chi connectivity index (χ1) is 3.72. The van der Waals surface area contributed by atoms with Crippen LogP contribution >= 0.6 is 0 Å². The molecule has 0 aliphatic rings. The zero-order chi connectivity index (χ0) is 6.57. The highest BCUT2D eigenvalue weighted by atomic mass is 16.3. The fraction of sp³-hybridized carbons (Fsp3) is 0.800.